The zero-order chi connectivity index (χ0) is 16.3. The zero-order valence-electron chi connectivity index (χ0n) is 11.1. The molecule has 1 aromatic rings. The van der Waals surface area contributed by atoms with Crippen LogP contribution < -0.4 is 4.90 Å². The topological polar surface area (TPSA) is 74.7 Å². The van der Waals surface area contributed by atoms with E-state index in [9.17, 15) is 26.4 Å². The number of sulfone groups is 1. The summed E-state index contributed by atoms with van der Waals surface area (Å²) in [6.45, 7) is 2.37. The summed E-state index contributed by atoms with van der Waals surface area (Å²) in [5.74, 6) is -0.996. The number of halogens is 3. The predicted molar refractivity (Wildman–Crippen MR) is 69.8 cm³/mol. The number of carboxylic acids is 1. The second kappa shape index (κ2) is 6.33. The van der Waals surface area contributed by atoms with Crippen LogP contribution in [-0.4, -0.2) is 38.1 Å². The van der Waals surface area contributed by atoms with Gasteiger partial charge in [0.15, 0.2) is 0 Å². The van der Waals surface area contributed by atoms with E-state index >= 15 is 0 Å². The molecule has 0 spiro atoms. The number of rotatable bonds is 6. The molecule has 0 aliphatic heterocycles. The lowest BCUT2D eigenvalue weighted by atomic mass is 10.2. The molecule has 0 amide bonds. The summed E-state index contributed by atoms with van der Waals surface area (Å²) in [6.07, 6.45) is -0.129. The van der Waals surface area contributed by atoms with E-state index < -0.39 is 26.2 Å². The number of benzene rings is 1. The van der Waals surface area contributed by atoms with Crippen molar-refractivity contribution >= 4 is 21.5 Å². The zero-order valence-corrected chi connectivity index (χ0v) is 11.9. The SMILES string of the molecule is CCN(CCC(=O)O)c1ccc(S(=O)(=O)C(F)(F)F)cc1. The number of nitrogens with zero attached hydrogens (tertiary/aromatic N) is 1. The van der Waals surface area contributed by atoms with Crippen LogP contribution in [0.1, 0.15) is 13.3 Å². The maximum atomic E-state index is 12.4. The summed E-state index contributed by atoms with van der Waals surface area (Å²) >= 11 is 0. The molecular weight excluding hydrogens is 311 g/mol. The lowest BCUT2D eigenvalue weighted by Gasteiger charge is -2.22. The first-order valence-corrected chi connectivity index (χ1v) is 7.46. The number of aliphatic carboxylic acids is 1. The molecular formula is C12H14F3NO4S. The van der Waals surface area contributed by atoms with E-state index in [1.54, 1.807) is 11.8 Å². The lowest BCUT2D eigenvalue weighted by molar-refractivity contribution is -0.136. The van der Waals surface area contributed by atoms with Gasteiger partial charge in [0.05, 0.1) is 11.3 Å². The molecule has 0 saturated heterocycles. The van der Waals surface area contributed by atoms with Crippen LogP contribution in [0.25, 0.3) is 0 Å². The van der Waals surface area contributed by atoms with Crippen molar-refractivity contribution in [2.45, 2.75) is 23.7 Å². The minimum absolute atomic E-state index is 0.129. The van der Waals surface area contributed by atoms with E-state index in [2.05, 4.69) is 0 Å². The third kappa shape index (κ3) is 4.10. The van der Waals surface area contributed by atoms with Crippen molar-refractivity contribution in [3.63, 3.8) is 0 Å². The molecule has 21 heavy (non-hydrogen) atoms. The van der Waals surface area contributed by atoms with E-state index in [-0.39, 0.29) is 13.0 Å². The van der Waals surface area contributed by atoms with Crippen LogP contribution in [0.2, 0.25) is 0 Å². The molecule has 0 heterocycles. The Balaban J connectivity index is 2.99. The minimum Gasteiger partial charge on any atom is -0.481 e. The Morgan fingerprint density at radius 3 is 2.14 bits per heavy atom. The Kier molecular flexibility index (Phi) is 5.21. The van der Waals surface area contributed by atoms with Gasteiger partial charge in [0.25, 0.3) is 9.84 Å². The first-order chi connectivity index (χ1) is 9.59. The molecule has 0 radical (unpaired) electrons. The van der Waals surface area contributed by atoms with Gasteiger partial charge in [-0.05, 0) is 31.2 Å². The van der Waals surface area contributed by atoms with Gasteiger partial charge in [0.2, 0.25) is 0 Å². The fraction of sp³-hybridized carbons (Fsp3) is 0.417. The fourth-order valence-corrected chi connectivity index (χ4v) is 2.43. The van der Waals surface area contributed by atoms with Gasteiger partial charge in [0.1, 0.15) is 0 Å². The second-order valence-electron chi connectivity index (χ2n) is 4.17. The molecule has 0 aliphatic carbocycles. The van der Waals surface area contributed by atoms with Crippen LogP contribution >= 0.6 is 0 Å². The van der Waals surface area contributed by atoms with E-state index in [1.807, 2.05) is 0 Å². The third-order valence-corrected chi connectivity index (χ3v) is 4.30. The van der Waals surface area contributed by atoms with Crippen LogP contribution in [-0.2, 0) is 14.6 Å². The molecule has 9 heteroatoms. The summed E-state index contributed by atoms with van der Waals surface area (Å²) in [5.41, 5.74) is -4.89. The molecule has 0 fully saturated rings. The summed E-state index contributed by atoms with van der Waals surface area (Å²) in [7, 11) is -5.36. The standard InChI is InChI=1S/C12H14F3NO4S/c1-2-16(8-7-11(17)18)9-3-5-10(6-4-9)21(19,20)12(13,14)15/h3-6H,2,7-8H2,1H3,(H,17,18). The molecule has 0 aliphatic rings. The van der Waals surface area contributed by atoms with Crippen molar-refractivity contribution in [3.8, 4) is 0 Å². The van der Waals surface area contributed by atoms with Gasteiger partial charge in [-0.25, -0.2) is 8.42 Å². The third-order valence-electron chi connectivity index (χ3n) is 2.79. The summed E-state index contributed by atoms with van der Waals surface area (Å²) in [5, 5.41) is 8.61. The highest BCUT2D eigenvalue weighted by Crippen LogP contribution is 2.31. The predicted octanol–water partition coefficient (Wildman–Crippen LogP) is 2.28. The van der Waals surface area contributed by atoms with E-state index in [1.165, 1.54) is 12.1 Å². The first-order valence-electron chi connectivity index (χ1n) is 5.97. The average Bonchev–Trinajstić information content (AvgIpc) is 2.38. The molecule has 0 aromatic heterocycles. The molecule has 1 rings (SSSR count). The number of carboxylic acid groups (broad SMARTS) is 1. The van der Waals surface area contributed by atoms with Gasteiger partial charge in [-0.1, -0.05) is 0 Å². The maximum Gasteiger partial charge on any atom is 0.501 e. The number of alkyl halides is 3. The van der Waals surface area contributed by atoms with Crippen LogP contribution in [0.15, 0.2) is 29.2 Å². The van der Waals surface area contributed by atoms with Crippen LogP contribution in [0.3, 0.4) is 0 Å². The molecule has 0 saturated carbocycles. The molecule has 118 valence electrons. The quantitative estimate of drug-likeness (QED) is 0.868. The van der Waals surface area contributed by atoms with Gasteiger partial charge in [-0.2, -0.15) is 13.2 Å². The van der Waals surface area contributed by atoms with Gasteiger partial charge >= 0.3 is 11.5 Å². The van der Waals surface area contributed by atoms with Crippen LogP contribution in [0.4, 0.5) is 18.9 Å². The summed E-state index contributed by atoms with van der Waals surface area (Å²) < 4.78 is 59.6. The number of hydrogen-bond acceptors (Lipinski definition) is 4. The number of anilines is 1. The Labute approximate surface area is 119 Å². The van der Waals surface area contributed by atoms with Crippen molar-refractivity contribution in [2.24, 2.45) is 0 Å². The molecule has 1 aromatic carbocycles. The molecule has 5 nitrogen and oxygen atoms in total. The Morgan fingerprint density at radius 2 is 1.76 bits per heavy atom. The number of carbonyl (C=O) groups is 1. The minimum atomic E-state index is -5.36. The van der Waals surface area contributed by atoms with Crippen molar-refractivity contribution in [1.29, 1.82) is 0 Å². The summed E-state index contributed by atoms with van der Waals surface area (Å²) in [4.78, 5) is 11.3. The first kappa shape index (κ1) is 17.3. The van der Waals surface area contributed by atoms with E-state index in [0.29, 0.717) is 12.2 Å². The van der Waals surface area contributed by atoms with E-state index in [0.717, 1.165) is 12.1 Å². The average molecular weight is 325 g/mol. The van der Waals surface area contributed by atoms with Crippen LogP contribution in [0, 0.1) is 0 Å². The van der Waals surface area contributed by atoms with Gasteiger partial charge < -0.3 is 10.0 Å². The molecule has 0 unspecified atom stereocenters. The largest absolute Gasteiger partial charge is 0.501 e. The highest BCUT2D eigenvalue weighted by atomic mass is 32.2. The highest BCUT2D eigenvalue weighted by Gasteiger charge is 2.46. The monoisotopic (exact) mass is 325 g/mol. The van der Waals surface area contributed by atoms with Gasteiger partial charge in [-0.15, -0.1) is 0 Å². The maximum absolute atomic E-state index is 12.4. The molecule has 0 atom stereocenters. The van der Waals surface area contributed by atoms with Crippen molar-refractivity contribution in [3.05, 3.63) is 24.3 Å². The Hall–Kier alpha value is -1.77. The molecule has 0 bridgehead atoms. The fourth-order valence-electron chi connectivity index (χ4n) is 1.67. The van der Waals surface area contributed by atoms with Crippen molar-refractivity contribution in [1.82, 2.24) is 0 Å². The van der Waals surface area contributed by atoms with Crippen molar-refractivity contribution in [2.75, 3.05) is 18.0 Å². The Bertz CT molecular complexity index is 596. The second-order valence-corrected chi connectivity index (χ2v) is 6.11. The molecule has 1 N–H and O–H groups in total. The van der Waals surface area contributed by atoms with Crippen molar-refractivity contribution < 1.29 is 31.5 Å². The Morgan fingerprint density at radius 1 is 1.24 bits per heavy atom. The van der Waals surface area contributed by atoms with Gasteiger partial charge in [-0.3, -0.25) is 4.79 Å². The van der Waals surface area contributed by atoms with Gasteiger partial charge in [0, 0.05) is 18.8 Å². The van der Waals surface area contributed by atoms with E-state index in [4.69, 9.17) is 5.11 Å². The normalized spacial score (nSPS) is 12.2. The summed E-state index contributed by atoms with van der Waals surface area (Å²) in [6, 6.07) is 4.18. The smallest absolute Gasteiger partial charge is 0.481 e. The lowest BCUT2D eigenvalue weighted by Crippen LogP contribution is -2.26. The highest BCUT2D eigenvalue weighted by molar-refractivity contribution is 7.92. The van der Waals surface area contributed by atoms with Crippen LogP contribution in [0.5, 0.6) is 0 Å². The number of hydrogen-bond donors (Lipinski definition) is 1.